The van der Waals surface area contributed by atoms with Crippen molar-refractivity contribution in [1.82, 2.24) is 0 Å². The van der Waals surface area contributed by atoms with Gasteiger partial charge in [0.2, 0.25) is 0 Å². The van der Waals surface area contributed by atoms with Gasteiger partial charge in [0.15, 0.2) is 11.6 Å². The second-order valence-corrected chi connectivity index (χ2v) is 12.6. The summed E-state index contributed by atoms with van der Waals surface area (Å²) in [6, 6.07) is 0. The molecule has 0 amide bonds. The topological polar surface area (TPSA) is 36.9 Å². The van der Waals surface area contributed by atoms with Gasteiger partial charge in [-0.1, -0.05) is 41.4 Å². The molecule has 168 valence electrons. The Kier molecular flexibility index (Phi) is 4.67. The number of halogens is 1. The Bertz CT molecular complexity index is 739. The van der Waals surface area contributed by atoms with Crippen molar-refractivity contribution < 1.29 is 18.9 Å². The normalized spacial score (nSPS) is 51.3. The molecule has 7 atom stereocenters. The van der Waals surface area contributed by atoms with Crippen molar-refractivity contribution in [1.29, 1.82) is 0 Å². The van der Waals surface area contributed by atoms with Gasteiger partial charge in [-0.25, -0.2) is 0 Å². The maximum absolute atomic E-state index is 6.19. The first-order chi connectivity index (χ1) is 14.3. The highest BCUT2D eigenvalue weighted by Gasteiger charge is 2.65. The average Bonchev–Trinajstić information content (AvgIpc) is 3.43. The van der Waals surface area contributed by atoms with Crippen LogP contribution in [0.4, 0.5) is 0 Å². The molecular formula is C25H37BrO4. The van der Waals surface area contributed by atoms with Crippen LogP contribution in [-0.2, 0) is 18.9 Å². The van der Waals surface area contributed by atoms with Crippen LogP contribution in [0.1, 0.15) is 65.7 Å². The number of alkyl halides is 1. The predicted octanol–water partition coefficient (Wildman–Crippen LogP) is 5.44. The van der Waals surface area contributed by atoms with Crippen LogP contribution in [0, 0.1) is 34.5 Å². The zero-order valence-corrected chi connectivity index (χ0v) is 20.3. The molecule has 4 nitrogen and oxygen atoms in total. The molecule has 0 aromatic rings. The first-order valence-corrected chi connectivity index (χ1v) is 13.1. The molecule has 6 aliphatic rings. The number of allylic oxidation sites excluding steroid dienone is 1. The summed E-state index contributed by atoms with van der Waals surface area (Å²) in [5.41, 5.74) is 2.19. The first kappa shape index (κ1) is 20.7. The molecule has 0 N–H and O–H groups in total. The molecule has 5 heteroatoms. The molecule has 3 saturated carbocycles. The van der Waals surface area contributed by atoms with E-state index in [1.165, 1.54) is 32.1 Å². The number of rotatable bonds is 1. The minimum Gasteiger partial charge on any atom is -0.348 e. The summed E-state index contributed by atoms with van der Waals surface area (Å²) >= 11 is 4.17. The van der Waals surface area contributed by atoms with Gasteiger partial charge in [0.05, 0.1) is 26.4 Å². The molecule has 2 heterocycles. The molecule has 0 aromatic carbocycles. The first-order valence-electron chi connectivity index (χ1n) is 12.2. The lowest BCUT2D eigenvalue weighted by atomic mass is 9.47. The highest BCUT2D eigenvalue weighted by Crippen LogP contribution is 2.69. The molecule has 4 aliphatic carbocycles. The average molecular weight is 481 g/mol. The zero-order valence-electron chi connectivity index (χ0n) is 18.8. The van der Waals surface area contributed by atoms with Crippen LogP contribution in [0.5, 0.6) is 0 Å². The van der Waals surface area contributed by atoms with Crippen molar-refractivity contribution in [3.05, 3.63) is 11.6 Å². The van der Waals surface area contributed by atoms with Crippen LogP contribution in [0.25, 0.3) is 0 Å². The third-order valence-electron chi connectivity index (χ3n) is 10.4. The van der Waals surface area contributed by atoms with Crippen molar-refractivity contribution >= 4 is 15.9 Å². The molecule has 0 bridgehead atoms. The summed E-state index contributed by atoms with van der Waals surface area (Å²) < 4.78 is 24.6. The Labute approximate surface area is 189 Å². The van der Waals surface area contributed by atoms with E-state index in [0.717, 1.165) is 51.1 Å². The van der Waals surface area contributed by atoms with Crippen molar-refractivity contribution in [3.63, 3.8) is 0 Å². The summed E-state index contributed by atoms with van der Waals surface area (Å²) in [4.78, 5) is 0.448. The standard InChI is InChI=1S/C25H37BrO4/c1-22-8-9-25(29-12-13-30-25)15-16(22)14-19(26)21-17-4-5-20(24(3)27-10-11-28-24)23(17,2)7-6-18(21)22/h14,17-21H,4-13,15H2,1-3H3/t17-,18-,19?,20-,21?,22-,23-/m0/s1. The maximum atomic E-state index is 6.19. The van der Waals surface area contributed by atoms with Crippen LogP contribution in [0.2, 0.25) is 0 Å². The fourth-order valence-electron chi connectivity index (χ4n) is 8.89. The third-order valence-corrected chi connectivity index (χ3v) is 11.3. The number of ether oxygens (including phenoxy) is 4. The van der Waals surface area contributed by atoms with Gasteiger partial charge in [0.25, 0.3) is 0 Å². The van der Waals surface area contributed by atoms with Crippen molar-refractivity contribution in [3.8, 4) is 0 Å². The summed E-state index contributed by atoms with van der Waals surface area (Å²) in [6.45, 7) is 10.3. The lowest BCUT2D eigenvalue weighted by Gasteiger charge is -2.60. The molecule has 2 unspecified atom stereocenters. The summed E-state index contributed by atoms with van der Waals surface area (Å²) in [5.74, 6) is 1.97. The minimum atomic E-state index is -0.383. The van der Waals surface area contributed by atoms with Crippen LogP contribution >= 0.6 is 15.9 Å². The van der Waals surface area contributed by atoms with Gasteiger partial charge in [-0.2, -0.15) is 0 Å². The van der Waals surface area contributed by atoms with Crippen LogP contribution < -0.4 is 0 Å². The van der Waals surface area contributed by atoms with Crippen molar-refractivity contribution in [2.45, 2.75) is 82.1 Å². The fraction of sp³-hybridized carbons (Fsp3) is 0.920. The van der Waals surface area contributed by atoms with E-state index >= 15 is 0 Å². The molecular weight excluding hydrogens is 444 g/mol. The van der Waals surface area contributed by atoms with E-state index in [9.17, 15) is 0 Å². The molecule has 0 aromatic heterocycles. The quantitative estimate of drug-likeness (QED) is 0.369. The molecule has 2 aliphatic heterocycles. The van der Waals surface area contributed by atoms with E-state index < -0.39 is 0 Å². The Hall–Kier alpha value is 0.0600. The van der Waals surface area contributed by atoms with Crippen LogP contribution in [0.15, 0.2) is 11.6 Å². The van der Waals surface area contributed by atoms with E-state index in [2.05, 4.69) is 42.8 Å². The Morgan fingerprint density at radius 1 is 0.833 bits per heavy atom. The molecule has 6 rings (SSSR count). The SMILES string of the molecule is CC1([C@H]2CC[C@H]3C4C(Br)C=C5CC6(CC[C@]5(C)[C@H]4CC[C@]23C)OCCO6)OCCO1. The van der Waals surface area contributed by atoms with Gasteiger partial charge in [0, 0.05) is 23.6 Å². The smallest absolute Gasteiger partial charge is 0.172 e. The van der Waals surface area contributed by atoms with Gasteiger partial charge in [-0.05, 0) is 67.6 Å². The van der Waals surface area contributed by atoms with Gasteiger partial charge in [-0.15, -0.1) is 0 Å². The Morgan fingerprint density at radius 3 is 2.27 bits per heavy atom. The van der Waals surface area contributed by atoms with Crippen LogP contribution in [0.3, 0.4) is 0 Å². The Balaban J connectivity index is 1.32. The van der Waals surface area contributed by atoms with Crippen molar-refractivity contribution in [2.24, 2.45) is 34.5 Å². The number of hydrogen-bond donors (Lipinski definition) is 0. The lowest BCUT2D eigenvalue weighted by Crippen LogP contribution is -2.56. The minimum absolute atomic E-state index is 0.291. The number of hydrogen-bond acceptors (Lipinski definition) is 4. The van der Waals surface area contributed by atoms with E-state index in [0.29, 0.717) is 27.5 Å². The summed E-state index contributed by atoms with van der Waals surface area (Å²) in [5, 5.41) is 0. The summed E-state index contributed by atoms with van der Waals surface area (Å²) in [7, 11) is 0. The number of fused-ring (bicyclic) bond motifs is 5. The maximum Gasteiger partial charge on any atom is 0.172 e. The van der Waals surface area contributed by atoms with E-state index in [1.54, 1.807) is 5.57 Å². The monoisotopic (exact) mass is 480 g/mol. The molecule has 2 saturated heterocycles. The molecule has 1 spiro atoms. The van der Waals surface area contributed by atoms with Gasteiger partial charge in [0.1, 0.15) is 0 Å². The fourth-order valence-corrected chi connectivity index (χ4v) is 9.94. The van der Waals surface area contributed by atoms with Gasteiger partial charge in [-0.3, -0.25) is 0 Å². The largest absolute Gasteiger partial charge is 0.348 e. The second kappa shape index (κ2) is 6.79. The lowest BCUT2D eigenvalue weighted by molar-refractivity contribution is -0.216. The van der Waals surface area contributed by atoms with E-state index in [1.807, 2.05) is 0 Å². The predicted molar refractivity (Wildman–Crippen MR) is 118 cm³/mol. The van der Waals surface area contributed by atoms with Gasteiger partial charge < -0.3 is 18.9 Å². The molecule has 30 heavy (non-hydrogen) atoms. The van der Waals surface area contributed by atoms with Crippen LogP contribution in [-0.4, -0.2) is 42.8 Å². The Morgan fingerprint density at radius 2 is 1.53 bits per heavy atom. The summed E-state index contributed by atoms with van der Waals surface area (Å²) in [6.07, 6.45) is 10.9. The highest BCUT2D eigenvalue weighted by molar-refractivity contribution is 9.09. The van der Waals surface area contributed by atoms with E-state index in [4.69, 9.17) is 18.9 Å². The van der Waals surface area contributed by atoms with Gasteiger partial charge >= 0.3 is 0 Å². The zero-order chi connectivity index (χ0) is 20.8. The second-order valence-electron chi connectivity index (χ2n) is 11.5. The highest BCUT2D eigenvalue weighted by atomic mass is 79.9. The molecule has 5 fully saturated rings. The van der Waals surface area contributed by atoms with E-state index in [-0.39, 0.29) is 11.6 Å². The third kappa shape index (κ3) is 2.71. The van der Waals surface area contributed by atoms with Crippen molar-refractivity contribution in [2.75, 3.05) is 26.4 Å². The molecule has 0 radical (unpaired) electrons.